The summed E-state index contributed by atoms with van der Waals surface area (Å²) < 4.78 is 76.4. The van der Waals surface area contributed by atoms with Gasteiger partial charge in [0, 0.05) is 31.7 Å². The predicted molar refractivity (Wildman–Crippen MR) is 124 cm³/mol. The number of carbonyl (C=O) groups is 2. The molecule has 2 N–H and O–H groups in total. The summed E-state index contributed by atoms with van der Waals surface area (Å²) in [4.78, 5) is 29.5. The van der Waals surface area contributed by atoms with Crippen LogP contribution < -0.4 is 10.6 Å². The molecule has 38 heavy (non-hydrogen) atoms. The maximum Gasteiger partial charge on any atom is 0.393 e. The molecule has 1 aliphatic heterocycles. The van der Waals surface area contributed by atoms with Crippen LogP contribution in [0.4, 0.5) is 22.0 Å². The molecule has 2 amide bonds. The van der Waals surface area contributed by atoms with Crippen molar-refractivity contribution in [3.63, 3.8) is 0 Å². The van der Waals surface area contributed by atoms with Gasteiger partial charge in [-0.05, 0) is 37.3 Å². The minimum absolute atomic E-state index is 0.0105. The SMILES string of the molecule is O=C(NC(c1cn2nc(CC3C[C@@H](C(F)(F)F)CNC3=O)ccc2n1)C1CCC(F)(F)CC1)c1cnsn1. The molecule has 4 heterocycles. The number of fused-ring (bicyclic) bond motifs is 1. The van der Waals surface area contributed by atoms with E-state index in [1.54, 1.807) is 18.3 Å². The fraction of sp³-hybridized carbons (Fsp3) is 0.565. The highest BCUT2D eigenvalue weighted by atomic mass is 32.1. The number of nitrogens with zero attached hydrogens (tertiary/aromatic N) is 5. The molecule has 1 saturated carbocycles. The van der Waals surface area contributed by atoms with Gasteiger partial charge < -0.3 is 10.6 Å². The van der Waals surface area contributed by atoms with Crippen LogP contribution in [0.5, 0.6) is 0 Å². The van der Waals surface area contributed by atoms with Gasteiger partial charge in [0.05, 0.1) is 47.5 Å². The van der Waals surface area contributed by atoms with E-state index < -0.39 is 48.3 Å². The Morgan fingerprint density at radius 3 is 2.71 bits per heavy atom. The van der Waals surface area contributed by atoms with Gasteiger partial charge in [-0.15, -0.1) is 0 Å². The molecule has 3 aromatic rings. The fourth-order valence-electron chi connectivity index (χ4n) is 5.09. The Balaban J connectivity index is 1.38. The van der Waals surface area contributed by atoms with E-state index in [2.05, 4.69) is 29.5 Å². The number of hydrogen-bond acceptors (Lipinski definition) is 7. The summed E-state index contributed by atoms with van der Waals surface area (Å²) in [6.07, 6.45) is -2.09. The Hall–Kier alpha value is -3.23. The molecule has 204 valence electrons. The number of imidazole rings is 1. The normalized spacial score (nSPS) is 23.2. The molecule has 3 aromatic heterocycles. The Kier molecular flexibility index (Phi) is 7.05. The zero-order chi connectivity index (χ0) is 27.1. The van der Waals surface area contributed by atoms with E-state index in [0.29, 0.717) is 17.0 Å². The highest BCUT2D eigenvalue weighted by Gasteiger charge is 2.45. The highest BCUT2D eigenvalue weighted by molar-refractivity contribution is 6.99. The number of halogens is 5. The number of aromatic nitrogens is 5. The van der Waals surface area contributed by atoms with Crippen LogP contribution in [0, 0.1) is 17.8 Å². The number of hydrogen-bond donors (Lipinski definition) is 2. The molecule has 0 spiro atoms. The van der Waals surface area contributed by atoms with Gasteiger partial charge in [0.2, 0.25) is 11.8 Å². The minimum atomic E-state index is -4.40. The molecule has 3 atom stereocenters. The summed E-state index contributed by atoms with van der Waals surface area (Å²) in [6, 6.07) is 2.51. The molecule has 2 aliphatic rings. The monoisotopic (exact) mass is 557 g/mol. The van der Waals surface area contributed by atoms with E-state index in [4.69, 9.17) is 0 Å². The Labute approximate surface area is 217 Å². The molecule has 0 radical (unpaired) electrons. The molecule has 9 nitrogen and oxygen atoms in total. The Morgan fingerprint density at radius 1 is 1.26 bits per heavy atom. The summed E-state index contributed by atoms with van der Waals surface area (Å²) in [5.74, 6) is -6.52. The molecule has 1 aliphatic carbocycles. The van der Waals surface area contributed by atoms with Gasteiger partial charge in [-0.1, -0.05) is 0 Å². The standard InChI is InChI=1S/C23H24F5N7O2S/c24-22(25)5-3-12(4-6-22)19(32-21(37)16-10-30-38-34-16)17-11-35-18(31-17)2-1-15(33-35)8-13-7-14(23(26,27)28)9-29-20(13)36/h1-2,10-14,19H,3-9H2,(H,29,36)(H,32,37)/t13?,14-,19?/m1/s1. The van der Waals surface area contributed by atoms with Gasteiger partial charge in [0.25, 0.3) is 5.91 Å². The predicted octanol–water partition coefficient (Wildman–Crippen LogP) is 3.73. The molecular weight excluding hydrogens is 533 g/mol. The lowest BCUT2D eigenvalue weighted by Gasteiger charge is -2.33. The molecule has 15 heteroatoms. The Bertz CT molecular complexity index is 1300. The van der Waals surface area contributed by atoms with Crippen molar-refractivity contribution in [2.24, 2.45) is 17.8 Å². The quantitative estimate of drug-likeness (QED) is 0.447. The van der Waals surface area contributed by atoms with E-state index in [1.807, 2.05) is 0 Å². The molecular formula is C23H24F5N7O2S. The largest absolute Gasteiger partial charge is 0.393 e. The zero-order valence-electron chi connectivity index (χ0n) is 19.9. The van der Waals surface area contributed by atoms with Crippen molar-refractivity contribution in [3.8, 4) is 0 Å². The average Bonchev–Trinajstić information content (AvgIpc) is 3.53. The third-order valence-electron chi connectivity index (χ3n) is 7.21. The van der Waals surface area contributed by atoms with Crippen molar-refractivity contribution in [3.05, 3.63) is 41.6 Å². The average molecular weight is 558 g/mol. The van der Waals surface area contributed by atoms with Crippen molar-refractivity contribution in [2.45, 2.75) is 56.7 Å². The maximum absolute atomic E-state index is 13.8. The van der Waals surface area contributed by atoms with E-state index in [-0.39, 0.29) is 50.1 Å². The van der Waals surface area contributed by atoms with Crippen molar-refractivity contribution >= 4 is 29.2 Å². The van der Waals surface area contributed by atoms with Crippen LogP contribution in [0.25, 0.3) is 5.65 Å². The fourth-order valence-corrected chi connectivity index (χ4v) is 5.50. The first-order valence-corrected chi connectivity index (χ1v) is 12.9. The van der Waals surface area contributed by atoms with Crippen LogP contribution in [0.3, 0.4) is 0 Å². The molecule has 5 rings (SSSR count). The second kappa shape index (κ2) is 10.2. The van der Waals surface area contributed by atoms with Crippen molar-refractivity contribution in [1.29, 1.82) is 0 Å². The molecule has 1 saturated heterocycles. The summed E-state index contributed by atoms with van der Waals surface area (Å²) in [5, 5.41) is 9.62. The first-order valence-electron chi connectivity index (χ1n) is 12.1. The first-order chi connectivity index (χ1) is 18.0. The van der Waals surface area contributed by atoms with E-state index in [1.165, 1.54) is 10.7 Å². The van der Waals surface area contributed by atoms with Gasteiger partial charge in [0.1, 0.15) is 0 Å². The van der Waals surface area contributed by atoms with Crippen LogP contribution in [-0.2, 0) is 11.2 Å². The molecule has 0 bridgehead atoms. The zero-order valence-corrected chi connectivity index (χ0v) is 20.7. The van der Waals surface area contributed by atoms with Crippen LogP contribution >= 0.6 is 11.7 Å². The van der Waals surface area contributed by atoms with Crippen molar-refractivity contribution in [1.82, 2.24) is 34.0 Å². The third-order valence-corrected chi connectivity index (χ3v) is 7.69. The number of alkyl halides is 5. The van der Waals surface area contributed by atoms with E-state index in [9.17, 15) is 31.5 Å². The lowest BCUT2D eigenvalue weighted by Crippen LogP contribution is -2.47. The van der Waals surface area contributed by atoms with Crippen molar-refractivity contribution < 1.29 is 31.5 Å². The summed E-state index contributed by atoms with van der Waals surface area (Å²) in [7, 11) is 0. The second-order valence-corrected chi connectivity index (χ2v) is 10.4. The molecule has 2 unspecified atom stereocenters. The van der Waals surface area contributed by atoms with E-state index in [0.717, 1.165) is 11.7 Å². The minimum Gasteiger partial charge on any atom is -0.355 e. The van der Waals surface area contributed by atoms with Gasteiger partial charge in [-0.25, -0.2) is 18.3 Å². The summed E-state index contributed by atoms with van der Waals surface area (Å²) >= 11 is 0.867. The van der Waals surface area contributed by atoms with Crippen LogP contribution in [-0.4, -0.2) is 53.8 Å². The highest BCUT2D eigenvalue weighted by Crippen LogP contribution is 2.41. The topological polar surface area (TPSA) is 114 Å². The van der Waals surface area contributed by atoms with Gasteiger partial charge in [-0.2, -0.15) is 27.0 Å². The Morgan fingerprint density at radius 2 is 2.03 bits per heavy atom. The number of amides is 2. The molecule has 0 aromatic carbocycles. The number of carbonyl (C=O) groups excluding carboxylic acids is 2. The van der Waals surface area contributed by atoms with E-state index >= 15 is 0 Å². The smallest absolute Gasteiger partial charge is 0.355 e. The second-order valence-electron chi connectivity index (χ2n) is 9.85. The van der Waals surface area contributed by atoms with Crippen molar-refractivity contribution in [2.75, 3.05) is 6.54 Å². The number of nitrogens with one attached hydrogen (secondary N) is 2. The van der Waals surface area contributed by atoms with Crippen LogP contribution in [0.1, 0.15) is 60.0 Å². The van der Waals surface area contributed by atoms with Gasteiger partial charge in [0.15, 0.2) is 11.3 Å². The van der Waals surface area contributed by atoms with Crippen LogP contribution in [0.2, 0.25) is 0 Å². The number of piperidine rings is 1. The third kappa shape index (κ3) is 5.76. The van der Waals surface area contributed by atoms with Gasteiger partial charge in [-0.3, -0.25) is 9.59 Å². The summed E-state index contributed by atoms with van der Waals surface area (Å²) in [5.41, 5.74) is 1.32. The summed E-state index contributed by atoms with van der Waals surface area (Å²) in [6.45, 7) is -0.437. The molecule has 2 fully saturated rings. The van der Waals surface area contributed by atoms with Crippen LogP contribution in [0.15, 0.2) is 24.5 Å². The van der Waals surface area contributed by atoms with Gasteiger partial charge >= 0.3 is 6.18 Å². The first kappa shape index (κ1) is 26.4. The maximum atomic E-state index is 13.8. The lowest BCUT2D eigenvalue weighted by molar-refractivity contribution is -0.183. The number of rotatable bonds is 6. The lowest BCUT2D eigenvalue weighted by atomic mass is 9.81.